The Labute approximate surface area is 155 Å². The standard InChI is InChI=1S/C15H12N4O5S2/c1-8(20)16-14-17-18-15(26-14)25-6-11(21)24-7-19-12(22)9-4-2-3-5-10(9)13(19)23/h2-5H,6-7H2,1H3,(H,16,17,20). The maximum atomic E-state index is 12.1. The number of rotatable bonds is 6. The molecular formula is C15H12N4O5S2. The van der Waals surface area contributed by atoms with E-state index in [2.05, 4.69) is 15.5 Å². The van der Waals surface area contributed by atoms with Crippen molar-refractivity contribution < 1.29 is 23.9 Å². The molecule has 1 N–H and O–H groups in total. The van der Waals surface area contributed by atoms with Crippen LogP contribution in [0.2, 0.25) is 0 Å². The summed E-state index contributed by atoms with van der Waals surface area (Å²) in [5, 5.41) is 10.4. The summed E-state index contributed by atoms with van der Waals surface area (Å²) >= 11 is 2.20. The number of hydrogen-bond acceptors (Lipinski definition) is 9. The average Bonchev–Trinajstić information content (AvgIpc) is 3.15. The summed E-state index contributed by atoms with van der Waals surface area (Å²) in [6.45, 7) is 0.907. The van der Waals surface area contributed by atoms with Crippen LogP contribution < -0.4 is 5.32 Å². The average molecular weight is 392 g/mol. The van der Waals surface area contributed by atoms with Gasteiger partial charge in [0.05, 0.1) is 16.9 Å². The quantitative estimate of drug-likeness (QED) is 0.339. The van der Waals surface area contributed by atoms with Crippen LogP contribution in [0.5, 0.6) is 0 Å². The van der Waals surface area contributed by atoms with E-state index in [0.717, 1.165) is 28.0 Å². The molecule has 0 aliphatic carbocycles. The molecule has 3 amide bonds. The molecule has 0 saturated carbocycles. The Morgan fingerprint density at radius 2 is 1.85 bits per heavy atom. The summed E-state index contributed by atoms with van der Waals surface area (Å²) < 4.78 is 5.48. The number of nitrogens with one attached hydrogen (secondary N) is 1. The molecule has 0 unspecified atom stereocenters. The van der Waals surface area contributed by atoms with Crippen molar-refractivity contribution in [3.63, 3.8) is 0 Å². The fraction of sp³-hybridized carbons (Fsp3) is 0.200. The largest absolute Gasteiger partial charge is 0.443 e. The second-order valence-electron chi connectivity index (χ2n) is 5.07. The van der Waals surface area contributed by atoms with Gasteiger partial charge in [-0.25, -0.2) is 4.90 Å². The minimum Gasteiger partial charge on any atom is -0.443 e. The molecule has 0 fully saturated rings. The van der Waals surface area contributed by atoms with E-state index >= 15 is 0 Å². The molecule has 3 rings (SSSR count). The molecule has 9 nitrogen and oxygen atoms in total. The number of anilines is 1. The van der Waals surface area contributed by atoms with Crippen LogP contribution in [0.1, 0.15) is 27.6 Å². The van der Waals surface area contributed by atoms with Gasteiger partial charge in [0.15, 0.2) is 11.1 Å². The second kappa shape index (κ2) is 7.62. The van der Waals surface area contributed by atoms with Crippen molar-refractivity contribution in [3.05, 3.63) is 35.4 Å². The number of amides is 3. The summed E-state index contributed by atoms with van der Waals surface area (Å²) in [6.07, 6.45) is 0. The molecule has 0 atom stereocenters. The van der Waals surface area contributed by atoms with E-state index in [9.17, 15) is 19.2 Å². The van der Waals surface area contributed by atoms with Crippen molar-refractivity contribution in [3.8, 4) is 0 Å². The zero-order chi connectivity index (χ0) is 18.7. The summed E-state index contributed by atoms with van der Waals surface area (Å²) in [5.74, 6) is -1.93. The molecular weight excluding hydrogens is 380 g/mol. The van der Waals surface area contributed by atoms with Crippen LogP contribution in [0.4, 0.5) is 5.13 Å². The number of nitrogens with zero attached hydrogens (tertiary/aromatic N) is 3. The van der Waals surface area contributed by atoms with Gasteiger partial charge in [-0.3, -0.25) is 19.2 Å². The number of fused-ring (bicyclic) bond motifs is 1. The molecule has 11 heteroatoms. The third kappa shape index (κ3) is 3.89. The molecule has 2 heterocycles. The Hall–Kier alpha value is -2.79. The van der Waals surface area contributed by atoms with Gasteiger partial charge < -0.3 is 10.1 Å². The van der Waals surface area contributed by atoms with E-state index in [1.54, 1.807) is 24.3 Å². The zero-order valence-electron chi connectivity index (χ0n) is 13.4. The van der Waals surface area contributed by atoms with Crippen molar-refractivity contribution in [1.29, 1.82) is 0 Å². The highest BCUT2D eigenvalue weighted by Gasteiger charge is 2.35. The molecule has 0 bridgehead atoms. The highest BCUT2D eigenvalue weighted by Crippen LogP contribution is 2.26. The minimum absolute atomic E-state index is 0.0716. The van der Waals surface area contributed by atoms with Gasteiger partial charge in [-0.2, -0.15) is 0 Å². The maximum Gasteiger partial charge on any atom is 0.318 e. The number of carbonyl (C=O) groups excluding carboxylic acids is 4. The number of carbonyl (C=O) groups is 4. The lowest BCUT2D eigenvalue weighted by molar-refractivity contribution is -0.143. The van der Waals surface area contributed by atoms with Crippen LogP contribution >= 0.6 is 23.1 Å². The Bertz CT molecular complexity index is 863. The first-order valence-corrected chi connectivity index (χ1v) is 9.10. The highest BCUT2D eigenvalue weighted by atomic mass is 32.2. The first-order chi connectivity index (χ1) is 12.5. The summed E-state index contributed by atoms with van der Waals surface area (Å²) in [6, 6.07) is 6.42. The van der Waals surface area contributed by atoms with E-state index in [0.29, 0.717) is 20.6 Å². The zero-order valence-corrected chi connectivity index (χ0v) is 15.1. The first-order valence-electron chi connectivity index (χ1n) is 7.30. The molecule has 0 saturated heterocycles. The summed E-state index contributed by atoms with van der Waals surface area (Å²) in [7, 11) is 0. The van der Waals surface area contributed by atoms with Crippen molar-refractivity contribution in [2.75, 3.05) is 17.8 Å². The van der Waals surface area contributed by atoms with E-state index in [4.69, 9.17) is 4.74 Å². The molecule has 0 radical (unpaired) electrons. The topological polar surface area (TPSA) is 119 Å². The fourth-order valence-corrected chi connectivity index (χ4v) is 3.72. The smallest absolute Gasteiger partial charge is 0.318 e. The van der Waals surface area contributed by atoms with Crippen molar-refractivity contribution in [2.45, 2.75) is 11.3 Å². The van der Waals surface area contributed by atoms with Crippen LogP contribution in [0, 0.1) is 0 Å². The number of thioether (sulfide) groups is 1. The Morgan fingerprint density at radius 1 is 1.19 bits per heavy atom. The first kappa shape index (κ1) is 18.0. The lowest BCUT2D eigenvalue weighted by Gasteiger charge is -2.13. The van der Waals surface area contributed by atoms with Gasteiger partial charge in [0.25, 0.3) is 11.8 Å². The molecule has 1 aromatic carbocycles. The van der Waals surface area contributed by atoms with E-state index in [-0.39, 0.29) is 11.7 Å². The van der Waals surface area contributed by atoms with Gasteiger partial charge in [-0.15, -0.1) is 10.2 Å². The Morgan fingerprint density at radius 3 is 2.46 bits per heavy atom. The van der Waals surface area contributed by atoms with Gasteiger partial charge in [0.1, 0.15) is 0 Å². The predicted octanol–water partition coefficient (Wildman–Crippen LogP) is 1.39. The van der Waals surface area contributed by atoms with Crippen molar-refractivity contribution in [1.82, 2.24) is 15.1 Å². The monoisotopic (exact) mass is 392 g/mol. The van der Waals surface area contributed by atoms with E-state index in [1.165, 1.54) is 6.92 Å². The van der Waals surface area contributed by atoms with Crippen molar-refractivity contribution >= 4 is 51.9 Å². The van der Waals surface area contributed by atoms with E-state index < -0.39 is 24.5 Å². The maximum absolute atomic E-state index is 12.1. The normalized spacial score (nSPS) is 12.9. The third-order valence-electron chi connectivity index (χ3n) is 3.24. The van der Waals surface area contributed by atoms with Crippen LogP contribution in [0.25, 0.3) is 0 Å². The molecule has 134 valence electrons. The van der Waals surface area contributed by atoms with Crippen LogP contribution in [0.15, 0.2) is 28.6 Å². The van der Waals surface area contributed by atoms with Crippen LogP contribution in [0.3, 0.4) is 0 Å². The minimum atomic E-state index is -0.608. The van der Waals surface area contributed by atoms with Crippen LogP contribution in [-0.2, 0) is 14.3 Å². The Balaban J connectivity index is 1.49. The van der Waals surface area contributed by atoms with Gasteiger partial charge in [-0.1, -0.05) is 35.2 Å². The number of hydrogen-bond donors (Lipinski definition) is 1. The number of benzene rings is 1. The number of imide groups is 1. The lowest BCUT2D eigenvalue weighted by atomic mass is 10.1. The summed E-state index contributed by atoms with van der Waals surface area (Å²) in [4.78, 5) is 47.9. The lowest BCUT2D eigenvalue weighted by Crippen LogP contribution is -2.33. The van der Waals surface area contributed by atoms with E-state index in [1.807, 2.05) is 0 Å². The molecule has 2 aromatic rings. The molecule has 1 aliphatic rings. The van der Waals surface area contributed by atoms with Crippen LogP contribution in [-0.4, -0.2) is 51.3 Å². The van der Waals surface area contributed by atoms with Gasteiger partial charge in [0.2, 0.25) is 11.0 Å². The van der Waals surface area contributed by atoms with Crippen molar-refractivity contribution in [2.24, 2.45) is 0 Å². The number of esters is 1. The van der Waals surface area contributed by atoms with Gasteiger partial charge in [0, 0.05) is 6.92 Å². The summed E-state index contributed by atoms with van der Waals surface area (Å²) in [5.41, 5.74) is 0.588. The molecule has 0 spiro atoms. The predicted molar refractivity (Wildman–Crippen MR) is 92.8 cm³/mol. The number of aromatic nitrogens is 2. The third-order valence-corrected chi connectivity index (χ3v) is 5.18. The van der Waals surface area contributed by atoms with Gasteiger partial charge in [-0.05, 0) is 12.1 Å². The second-order valence-corrected chi connectivity index (χ2v) is 7.27. The molecule has 26 heavy (non-hydrogen) atoms. The van der Waals surface area contributed by atoms with Gasteiger partial charge >= 0.3 is 5.97 Å². The highest BCUT2D eigenvalue weighted by molar-refractivity contribution is 8.01. The fourth-order valence-electron chi connectivity index (χ4n) is 2.12. The molecule has 1 aliphatic heterocycles. The molecule has 1 aromatic heterocycles. The SMILES string of the molecule is CC(=O)Nc1nnc(SCC(=O)OCN2C(=O)c3ccccc3C2=O)s1. The Kier molecular flexibility index (Phi) is 5.28. The number of ether oxygens (including phenoxy) is 1.